The van der Waals surface area contributed by atoms with Crippen molar-refractivity contribution < 1.29 is 8.42 Å². The molecule has 102 valence electrons. The van der Waals surface area contributed by atoms with Gasteiger partial charge < -0.3 is 10.6 Å². The van der Waals surface area contributed by atoms with Gasteiger partial charge in [-0.15, -0.1) is 0 Å². The molecule has 0 aliphatic carbocycles. The molecule has 0 bridgehead atoms. The Morgan fingerprint density at radius 2 is 2.11 bits per heavy atom. The molecule has 1 aromatic rings. The van der Waals surface area contributed by atoms with Crippen LogP contribution in [0.3, 0.4) is 0 Å². The Morgan fingerprint density at radius 1 is 1.26 bits per heavy atom. The van der Waals surface area contributed by atoms with Gasteiger partial charge in [-0.05, 0) is 24.1 Å². The number of hydrogen-bond donors (Lipinski definition) is 2. The van der Waals surface area contributed by atoms with Crippen molar-refractivity contribution in [2.45, 2.75) is 25.0 Å². The van der Waals surface area contributed by atoms with Gasteiger partial charge in [-0.25, -0.2) is 8.42 Å². The minimum absolute atomic E-state index is 0.0684. The van der Waals surface area contributed by atoms with Gasteiger partial charge in [-0.1, -0.05) is 30.3 Å². The lowest BCUT2D eigenvalue weighted by Gasteiger charge is -2.22. The molecule has 2 aliphatic rings. The molecule has 2 heterocycles. The SMILES string of the molecule is O=S1(=O)C=CC(NC2CCNCc3ccccc32)C1. The van der Waals surface area contributed by atoms with E-state index in [1.54, 1.807) is 6.08 Å². The second-order valence-electron chi connectivity index (χ2n) is 5.15. The predicted octanol–water partition coefficient (Wildman–Crippen LogP) is 1.12. The maximum Gasteiger partial charge on any atom is 0.173 e. The van der Waals surface area contributed by atoms with E-state index in [9.17, 15) is 8.42 Å². The summed E-state index contributed by atoms with van der Waals surface area (Å²) in [7, 11) is -2.99. The number of fused-ring (bicyclic) bond motifs is 1. The third-order valence-corrected chi connectivity index (χ3v) is 5.10. The van der Waals surface area contributed by atoms with Crippen LogP contribution in [0.4, 0.5) is 0 Å². The van der Waals surface area contributed by atoms with Crippen molar-refractivity contribution >= 4 is 9.84 Å². The van der Waals surface area contributed by atoms with Crippen LogP contribution in [0.5, 0.6) is 0 Å². The lowest BCUT2D eigenvalue weighted by atomic mass is 9.98. The van der Waals surface area contributed by atoms with Crippen molar-refractivity contribution in [2.24, 2.45) is 0 Å². The first-order valence-electron chi connectivity index (χ1n) is 6.59. The number of hydrogen-bond acceptors (Lipinski definition) is 4. The fourth-order valence-electron chi connectivity index (χ4n) is 2.77. The molecule has 0 saturated heterocycles. The summed E-state index contributed by atoms with van der Waals surface area (Å²) in [6.07, 6.45) is 2.73. The van der Waals surface area contributed by atoms with Gasteiger partial charge in [0.1, 0.15) is 0 Å². The largest absolute Gasteiger partial charge is 0.313 e. The summed E-state index contributed by atoms with van der Waals surface area (Å²) in [4.78, 5) is 0. The highest BCUT2D eigenvalue weighted by Crippen LogP contribution is 2.25. The van der Waals surface area contributed by atoms with Crippen LogP contribution in [-0.4, -0.2) is 26.8 Å². The summed E-state index contributed by atoms with van der Waals surface area (Å²) in [5.41, 5.74) is 2.58. The number of rotatable bonds is 2. The van der Waals surface area contributed by atoms with Gasteiger partial charge in [0.05, 0.1) is 5.75 Å². The number of sulfone groups is 1. The molecule has 19 heavy (non-hydrogen) atoms. The smallest absolute Gasteiger partial charge is 0.173 e. The zero-order chi connectivity index (χ0) is 13.3. The molecule has 2 aliphatic heterocycles. The Bertz CT molecular complexity index is 595. The molecule has 0 spiro atoms. The molecule has 0 radical (unpaired) electrons. The van der Waals surface area contributed by atoms with Crippen LogP contribution in [0.2, 0.25) is 0 Å². The van der Waals surface area contributed by atoms with Crippen molar-refractivity contribution in [3.05, 3.63) is 46.9 Å². The van der Waals surface area contributed by atoms with Crippen LogP contribution in [-0.2, 0) is 16.4 Å². The molecule has 0 amide bonds. The third-order valence-electron chi connectivity index (χ3n) is 3.70. The fraction of sp³-hybridized carbons (Fsp3) is 0.429. The van der Waals surface area contributed by atoms with E-state index in [0.717, 1.165) is 19.5 Å². The van der Waals surface area contributed by atoms with Gasteiger partial charge in [0.2, 0.25) is 0 Å². The molecule has 2 N–H and O–H groups in total. The van der Waals surface area contributed by atoms with Crippen LogP contribution < -0.4 is 10.6 Å². The van der Waals surface area contributed by atoms with Crippen molar-refractivity contribution in [3.8, 4) is 0 Å². The summed E-state index contributed by atoms with van der Waals surface area (Å²) >= 11 is 0. The second-order valence-corrected chi connectivity index (χ2v) is 7.08. The Kier molecular flexibility index (Phi) is 3.43. The lowest BCUT2D eigenvalue weighted by Crippen LogP contribution is -2.34. The Morgan fingerprint density at radius 3 is 2.89 bits per heavy atom. The van der Waals surface area contributed by atoms with Crippen molar-refractivity contribution in [3.63, 3.8) is 0 Å². The number of nitrogens with one attached hydrogen (secondary N) is 2. The monoisotopic (exact) mass is 278 g/mol. The van der Waals surface area contributed by atoms with E-state index in [0.29, 0.717) is 0 Å². The first-order valence-corrected chi connectivity index (χ1v) is 8.31. The molecule has 3 rings (SSSR count). The Hall–Kier alpha value is -1.17. The van der Waals surface area contributed by atoms with Gasteiger partial charge >= 0.3 is 0 Å². The molecule has 2 unspecified atom stereocenters. The predicted molar refractivity (Wildman–Crippen MR) is 75.4 cm³/mol. The maximum atomic E-state index is 11.5. The van der Waals surface area contributed by atoms with Gasteiger partial charge in [-0.2, -0.15) is 0 Å². The van der Waals surface area contributed by atoms with Gasteiger partial charge in [0.25, 0.3) is 0 Å². The van der Waals surface area contributed by atoms with Crippen molar-refractivity contribution in [1.82, 2.24) is 10.6 Å². The highest BCUT2D eigenvalue weighted by molar-refractivity contribution is 7.94. The summed E-state index contributed by atoms with van der Waals surface area (Å²) in [5, 5.41) is 8.19. The molecule has 2 atom stereocenters. The average Bonchev–Trinajstić information content (AvgIpc) is 2.60. The third kappa shape index (κ3) is 2.88. The van der Waals surface area contributed by atoms with Crippen LogP contribution in [0.1, 0.15) is 23.6 Å². The summed E-state index contributed by atoms with van der Waals surface area (Å²) in [6, 6.07) is 8.50. The van der Waals surface area contributed by atoms with E-state index in [4.69, 9.17) is 0 Å². The zero-order valence-electron chi connectivity index (χ0n) is 10.7. The lowest BCUT2D eigenvalue weighted by molar-refractivity contribution is 0.474. The topological polar surface area (TPSA) is 58.2 Å². The molecular weight excluding hydrogens is 260 g/mol. The first kappa shape index (κ1) is 12.8. The van der Waals surface area contributed by atoms with Crippen LogP contribution >= 0.6 is 0 Å². The Balaban J connectivity index is 1.80. The minimum Gasteiger partial charge on any atom is -0.313 e. The molecule has 5 heteroatoms. The van der Waals surface area contributed by atoms with E-state index >= 15 is 0 Å². The molecule has 0 saturated carbocycles. The zero-order valence-corrected chi connectivity index (χ0v) is 11.5. The van der Waals surface area contributed by atoms with E-state index in [1.165, 1.54) is 16.5 Å². The molecule has 0 fully saturated rings. The summed E-state index contributed by atoms with van der Waals surface area (Å²) < 4.78 is 22.9. The summed E-state index contributed by atoms with van der Waals surface area (Å²) in [6.45, 7) is 1.82. The minimum atomic E-state index is -2.99. The van der Waals surface area contributed by atoms with Crippen LogP contribution in [0.15, 0.2) is 35.7 Å². The molecular formula is C14H18N2O2S. The second kappa shape index (κ2) is 5.07. The molecule has 0 aromatic heterocycles. The maximum absolute atomic E-state index is 11.5. The number of benzene rings is 1. The van der Waals surface area contributed by atoms with Gasteiger partial charge in [-0.3, -0.25) is 0 Å². The normalized spacial score (nSPS) is 28.8. The summed E-state index contributed by atoms with van der Waals surface area (Å²) in [5.74, 6) is 0.180. The van der Waals surface area contributed by atoms with E-state index < -0.39 is 9.84 Å². The van der Waals surface area contributed by atoms with Gasteiger partial charge in [0.15, 0.2) is 9.84 Å². The van der Waals surface area contributed by atoms with E-state index in [2.05, 4.69) is 22.8 Å². The average molecular weight is 278 g/mol. The van der Waals surface area contributed by atoms with Crippen LogP contribution in [0.25, 0.3) is 0 Å². The van der Waals surface area contributed by atoms with E-state index in [1.807, 2.05) is 12.1 Å². The van der Waals surface area contributed by atoms with Gasteiger partial charge in [0, 0.05) is 24.0 Å². The standard InChI is InChI=1S/C14H18N2O2S/c17-19(18)8-6-12(10-19)16-14-5-7-15-9-11-3-1-2-4-13(11)14/h1-4,6,8,12,14-16H,5,7,9-10H2. The van der Waals surface area contributed by atoms with Crippen molar-refractivity contribution in [1.29, 1.82) is 0 Å². The first-order chi connectivity index (χ1) is 9.14. The fourth-order valence-corrected chi connectivity index (χ4v) is 4.02. The molecule has 1 aromatic carbocycles. The quantitative estimate of drug-likeness (QED) is 0.851. The highest BCUT2D eigenvalue weighted by atomic mass is 32.2. The molecule has 4 nitrogen and oxygen atoms in total. The van der Waals surface area contributed by atoms with Crippen molar-refractivity contribution in [2.75, 3.05) is 12.3 Å². The highest BCUT2D eigenvalue weighted by Gasteiger charge is 2.26. The van der Waals surface area contributed by atoms with Crippen LogP contribution in [0, 0.1) is 0 Å². The Labute approximate surface area is 113 Å². The van der Waals surface area contributed by atoms with E-state index in [-0.39, 0.29) is 17.8 Å².